The van der Waals surface area contributed by atoms with E-state index in [9.17, 15) is 4.39 Å². The van der Waals surface area contributed by atoms with Gasteiger partial charge >= 0.3 is 0 Å². The van der Waals surface area contributed by atoms with Gasteiger partial charge in [-0.25, -0.2) is 4.39 Å². The van der Waals surface area contributed by atoms with Crippen LogP contribution in [0.3, 0.4) is 0 Å². The molecule has 0 aromatic heterocycles. The molecule has 0 amide bonds. The van der Waals surface area contributed by atoms with Crippen LogP contribution in [0.5, 0.6) is 0 Å². The highest BCUT2D eigenvalue weighted by Crippen LogP contribution is 2.34. The van der Waals surface area contributed by atoms with Gasteiger partial charge in [0.25, 0.3) is 0 Å². The Balaban J connectivity index is 2.56. The second-order valence-electron chi connectivity index (χ2n) is 3.46. The van der Waals surface area contributed by atoms with Gasteiger partial charge in [0.15, 0.2) is 0 Å². The summed E-state index contributed by atoms with van der Waals surface area (Å²) in [5, 5.41) is 0. The smallest absolute Gasteiger partial charge is 0.124 e. The fourth-order valence-corrected chi connectivity index (χ4v) is 2.68. The summed E-state index contributed by atoms with van der Waals surface area (Å²) in [5.74, 6) is -0.181. The Morgan fingerprint density at radius 1 is 1.46 bits per heavy atom. The van der Waals surface area contributed by atoms with Crippen molar-refractivity contribution in [3.63, 3.8) is 0 Å². The number of halogens is 2. The Bertz CT molecular complexity index is 338. The molecule has 0 radical (unpaired) electrons. The number of fused-ring (bicyclic) bond motifs is 1. The molecule has 0 saturated carbocycles. The van der Waals surface area contributed by atoms with Gasteiger partial charge in [-0.05, 0) is 42.5 Å². The first-order chi connectivity index (χ1) is 6.18. The molecule has 1 aromatic rings. The molecule has 2 rings (SSSR count). The molecule has 1 aromatic carbocycles. The number of aryl methyl sites for hydroxylation is 1. The van der Waals surface area contributed by atoms with Crippen molar-refractivity contribution in [3.8, 4) is 0 Å². The lowest BCUT2D eigenvalue weighted by molar-refractivity contribution is 0.557. The van der Waals surface area contributed by atoms with E-state index in [4.69, 9.17) is 5.73 Å². The molecule has 1 aliphatic rings. The largest absolute Gasteiger partial charge is 0.324 e. The fourth-order valence-electron chi connectivity index (χ4n) is 1.92. The molecule has 0 spiro atoms. The maximum Gasteiger partial charge on any atom is 0.124 e. The fraction of sp³-hybridized carbons (Fsp3) is 0.400. The molecule has 2 N–H and O–H groups in total. The highest BCUT2D eigenvalue weighted by Gasteiger charge is 2.20. The van der Waals surface area contributed by atoms with Crippen LogP contribution in [0.2, 0.25) is 0 Å². The molecule has 3 heteroatoms. The Hall–Kier alpha value is -0.410. The van der Waals surface area contributed by atoms with Crippen LogP contribution in [0.15, 0.2) is 16.6 Å². The molecule has 70 valence electrons. The van der Waals surface area contributed by atoms with E-state index >= 15 is 0 Å². The van der Waals surface area contributed by atoms with E-state index in [1.807, 2.05) is 0 Å². The molecular formula is C10H11BrFN. The van der Waals surface area contributed by atoms with Crippen LogP contribution in [0.4, 0.5) is 4.39 Å². The highest BCUT2D eigenvalue weighted by molar-refractivity contribution is 9.10. The van der Waals surface area contributed by atoms with Gasteiger partial charge in [-0.2, -0.15) is 0 Å². The number of benzene rings is 1. The minimum atomic E-state index is -0.181. The standard InChI is InChI=1S/C10H11BrFN/c11-8-5-7(12)4-6-2-1-3-9(13)10(6)8/h4-5,9H,1-3,13H2/t9-/m1/s1. The van der Waals surface area contributed by atoms with Crippen LogP contribution >= 0.6 is 15.9 Å². The molecule has 1 atom stereocenters. The molecule has 0 unspecified atom stereocenters. The van der Waals surface area contributed by atoms with Gasteiger partial charge in [0.1, 0.15) is 5.82 Å². The lowest BCUT2D eigenvalue weighted by Gasteiger charge is -2.23. The number of hydrogen-bond donors (Lipinski definition) is 1. The van der Waals surface area contributed by atoms with Crippen LogP contribution in [0.25, 0.3) is 0 Å². The van der Waals surface area contributed by atoms with Crippen molar-refractivity contribution < 1.29 is 4.39 Å². The maximum atomic E-state index is 13.0. The lowest BCUT2D eigenvalue weighted by atomic mass is 9.88. The van der Waals surface area contributed by atoms with Gasteiger partial charge in [0.2, 0.25) is 0 Å². The summed E-state index contributed by atoms with van der Waals surface area (Å²) in [5.41, 5.74) is 8.10. The summed E-state index contributed by atoms with van der Waals surface area (Å²) in [6, 6.07) is 3.15. The first-order valence-electron chi connectivity index (χ1n) is 4.42. The van der Waals surface area contributed by atoms with Gasteiger partial charge in [-0.3, -0.25) is 0 Å². The monoisotopic (exact) mass is 243 g/mol. The topological polar surface area (TPSA) is 26.0 Å². The molecule has 0 aliphatic heterocycles. The Morgan fingerprint density at radius 3 is 3.00 bits per heavy atom. The van der Waals surface area contributed by atoms with E-state index in [1.165, 1.54) is 6.07 Å². The normalized spacial score (nSPS) is 21.3. The van der Waals surface area contributed by atoms with Gasteiger partial charge in [0.05, 0.1) is 0 Å². The van der Waals surface area contributed by atoms with E-state index in [2.05, 4.69) is 15.9 Å². The predicted molar refractivity (Wildman–Crippen MR) is 54.0 cm³/mol. The predicted octanol–water partition coefficient (Wildman–Crippen LogP) is 2.92. The van der Waals surface area contributed by atoms with E-state index < -0.39 is 0 Å². The minimum absolute atomic E-state index is 0.0683. The van der Waals surface area contributed by atoms with Crippen LogP contribution < -0.4 is 5.73 Å². The summed E-state index contributed by atoms with van der Waals surface area (Å²) in [6.07, 6.45) is 3.00. The van der Waals surface area contributed by atoms with Crippen LogP contribution in [-0.2, 0) is 6.42 Å². The van der Waals surface area contributed by atoms with E-state index in [1.54, 1.807) is 6.07 Å². The van der Waals surface area contributed by atoms with Crippen molar-refractivity contribution in [1.29, 1.82) is 0 Å². The van der Waals surface area contributed by atoms with Crippen LogP contribution in [-0.4, -0.2) is 0 Å². The molecule has 1 aliphatic carbocycles. The summed E-state index contributed by atoms with van der Waals surface area (Å²) in [6.45, 7) is 0. The quantitative estimate of drug-likeness (QED) is 0.746. The van der Waals surface area contributed by atoms with E-state index in [0.717, 1.165) is 34.9 Å². The first kappa shape index (κ1) is 9.16. The second kappa shape index (κ2) is 3.39. The highest BCUT2D eigenvalue weighted by atomic mass is 79.9. The van der Waals surface area contributed by atoms with Gasteiger partial charge in [-0.1, -0.05) is 15.9 Å². The average molecular weight is 244 g/mol. The maximum absolute atomic E-state index is 13.0. The molecule has 0 fully saturated rings. The molecule has 13 heavy (non-hydrogen) atoms. The summed E-state index contributed by atoms with van der Waals surface area (Å²) in [7, 11) is 0. The minimum Gasteiger partial charge on any atom is -0.324 e. The Morgan fingerprint density at radius 2 is 2.23 bits per heavy atom. The molecule has 0 heterocycles. The summed E-state index contributed by atoms with van der Waals surface area (Å²) < 4.78 is 13.8. The van der Waals surface area contributed by atoms with Gasteiger partial charge in [-0.15, -0.1) is 0 Å². The third-order valence-corrected chi connectivity index (χ3v) is 3.17. The third kappa shape index (κ3) is 1.63. The second-order valence-corrected chi connectivity index (χ2v) is 4.31. The third-order valence-electron chi connectivity index (χ3n) is 2.51. The van der Waals surface area contributed by atoms with Crippen LogP contribution in [0.1, 0.15) is 30.0 Å². The molecule has 0 bridgehead atoms. The van der Waals surface area contributed by atoms with Crippen molar-refractivity contribution in [3.05, 3.63) is 33.5 Å². The summed E-state index contributed by atoms with van der Waals surface area (Å²) in [4.78, 5) is 0. The molecule has 1 nitrogen and oxygen atoms in total. The lowest BCUT2D eigenvalue weighted by Crippen LogP contribution is -2.18. The number of rotatable bonds is 0. The van der Waals surface area contributed by atoms with E-state index in [-0.39, 0.29) is 11.9 Å². The number of hydrogen-bond acceptors (Lipinski definition) is 1. The van der Waals surface area contributed by atoms with Crippen molar-refractivity contribution in [1.82, 2.24) is 0 Å². The van der Waals surface area contributed by atoms with Crippen LogP contribution in [0, 0.1) is 5.82 Å². The van der Waals surface area contributed by atoms with Gasteiger partial charge < -0.3 is 5.73 Å². The average Bonchev–Trinajstić information content (AvgIpc) is 2.02. The van der Waals surface area contributed by atoms with Crippen molar-refractivity contribution in [2.24, 2.45) is 5.73 Å². The summed E-state index contributed by atoms with van der Waals surface area (Å²) >= 11 is 3.35. The van der Waals surface area contributed by atoms with Crippen molar-refractivity contribution in [2.75, 3.05) is 0 Å². The number of nitrogens with two attached hydrogens (primary N) is 1. The zero-order valence-electron chi connectivity index (χ0n) is 7.19. The zero-order chi connectivity index (χ0) is 9.42. The first-order valence-corrected chi connectivity index (χ1v) is 5.21. The Kier molecular flexibility index (Phi) is 2.39. The van der Waals surface area contributed by atoms with Crippen molar-refractivity contribution in [2.45, 2.75) is 25.3 Å². The molecular weight excluding hydrogens is 233 g/mol. The zero-order valence-corrected chi connectivity index (χ0v) is 8.77. The molecule has 0 saturated heterocycles. The van der Waals surface area contributed by atoms with E-state index in [0.29, 0.717) is 0 Å². The van der Waals surface area contributed by atoms with Crippen molar-refractivity contribution >= 4 is 15.9 Å². The Labute approximate surface area is 85.3 Å². The SMILES string of the molecule is N[C@@H]1CCCc2cc(F)cc(Br)c21. The van der Waals surface area contributed by atoms with Gasteiger partial charge in [0, 0.05) is 10.5 Å².